The predicted molar refractivity (Wildman–Crippen MR) is 57.0 cm³/mol. The van der Waals surface area contributed by atoms with Gasteiger partial charge in [-0.3, -0.25) is 9.89 Å². The Morgan fingerprint density at radius 1 is 1.44 bits per heavy atom. The van der Waals surface area contributed by atoms with Gasteiger partial charge in [0.25, 0.3) is 0 Å². The van der Waals surface area contributed by atoms with Gasteiger partial charge in [-0.2, -0.15) is 0 Å². The van der Waals surface area contributed by atoms with E-state index in [2.05, 4.69) is 15.2 Å². The molecule has 0 spiro atoms. The summed E-state index contributed by atoms with van der Waals surface area (Å²) < 4.78 is 13.1. The van der Waals surface area contributed by atoms with Crippen molar-refractivity contribution < 1.29 is 9.18 Å². The lowest BCUT2D eigenvalue weighted by atomic mass is 10.2. The van der Waals surface area contributed by atoms with E-state index in [9.17, 15) is 9.18 Å². The van der Waals surface area contributed by atoms with Crippen LogP contribution in [0.15, 0.2) is 28.3 Å². The highest BCUT2D eigenvalue weighted by atomic mass is 32.2. The standard InChI is InChI=1S/C10H8FN3OS/c1-6-12-10(14-13-6)16-9-3-7(5-15)2-8(11)4-9/h2-5H,1H3,(H,12,13,14). The molecule has 0 amide bonds. The number of H-pyrrole nitrogens is 1. The van der Waals surface area contributed by atoms with Crippen LogP contribution in [-0.4, -0.2) is 21.5 Å². The summed E-state index contributed by atoms with van der Waals surface area (Å²) in [7, 11) is 0. The van der Waals surface area contributed by atoms with Gasteiger partial charge in [-0.1, -0.05) is 0 Å². The lowest BCUT2D eigenvalue weighted by molar-refractivity contribution is 0.112. The van der Waals surface area contributed by atoms with Gasteiger partial charge in [0.05, 0.1) is 0 Å². The first-order chi connectivity index (χ1) is 7.67. The maximum atomic E-state index is 13.1. The number of rotatable bonds is 3. The van der Waals surface area contributed by atoms with E-state index in [1.54, 1.807) is 13.0 Å². The number of halogens is 1. The molecule has 0 aliphatic carbocycles. The number of nitrogens with zero attached hydrogens (tertiary/aromatic N) is 2. The first-order valence-corrected chi connectivity index (χ1v) is 5.31. The van der Waals surface area contributed by atoms with E-state index in [4.69, 9.17) is 0 Å². The summed E-state index contributed by atoms with van der Waals surface area (Å²) in [5.41, 5.74) is 0.301. The van der Waals surface area contributed by atoms with E-state index in [0.717, 1.165) is 0 Å². The maximum Gasteiger partial charge on any atom is 0.213 e. The predicted octanol–water partition coefficient (Wildman–Crippen LogP) is 2.22. The van der Waals surface area contributed by atoms with Gasteiger partial charge in [-0.15, -0.1) is 5.10 Å². The summed E-state index contributed by atoms with van der Waals surface area (Å²) in [5, 5.41) is 7.10. The topological polar surface area (TPSA) is 58.6 Å². The number of hydrogen-bond donors (Lipinski definition) is 1. The molecule has 6 heteroatoms. The second kappa shape index (κ2) is 4.44. The molecule has 0 aliphatic heterocycles. The minimum Gasteiger partial charge on any atom is -0.298 e. The van der Waals surface area contributed by atoms with E-state index in [1.165, 1.54) is 23.9 Å². The van der Waals surface area contributed by atoms with E-state index in [-0.39, 0.29) is 0 Å². The van der Waals surface area contributed by atoms with Crippen molar-refractivity contribution in [3.05, 3.63) is 35.4 Å². The summed E-state index contributed by atoms with van der Waals surface area (Å²) in [6.07, 6.45) is 0.608. The normalized spacial score (nSPS) is 10.4. The zero-order valence-corrected chi connectivity index (χ0v) is 9.21. The quantitative estimate of drug-likeness (QED) is 0.831. The van der Waals surface area contributed by atoms with Crippen LogP contribution in [0.3, 0.4) is 0 Å². The van der Waals surface area contributed by atoms with Crippen LogP contribution in [0.4, 0.5) is 4.39 Å². The number of nitrogens with one attached hydrogen (secondary N) is 1. The van der Waals surface area contributed by atoms with Crippen LogP contribution in [0.25, 0.3) is 0 Å². The Bertz CT molecular complexity index is 527. The van der Waals surface area contributed by atoms with E-state index < -0.39 is 5.82 Å². The summed E-state index contributed by atoms with van der Waals surface area (Å²) in [6, 6.07) is 4.11. The molecule has 4 nitrogen and oxygen atoms in total. The van der Waals surface area contributed by atoms with Crippen molar-refractivity contribution in [3.8, 4) is 0 Å². The van der Waals surface area contributed by atoms with Gasteiger partial charge in [0.15, 0.2) is 0 Å². The van der Waals surface area contributed by atoms with Crippen molar-refractivity contribution in [2.24, 2.45) is 0 Å². The maximum absolute atomic E-state index is 13.1. The number of hydrogen-bond acceptors (Lipinski definition) is 4. The highest BCUT2D eigenvalue weighted by Gasteiger charge is 2.05. The molecule has 0 unspecified atom stereocenters. The Labute approximate surface area is 95.3 Å². The molecule has 16 heavy (non-hydrogen) atoms. The fraction of sp³-hybridized carbons (Fsp3) is 0.100. The molecule has 1 heterocycles. The van der Waals surface area contributed by atoms with Crippen LogP contribution in [0.1, 0.15) is 16.2 Å². The molecule has 82 valence electrons. The smallest absolute Gasteiger partial charge is 0.213 e. The lowest BCUT2D eigenvalue weighted by Gasteiger charge is -1.98. The fourth-order valence-electron chi connectivity index (χ4n) is 1.18. The van der Waals surface area contributed by atoms with E-state index >= 15 is 0 Å². The molecule has 0 saturated carbocycles. The van der Waals surface area contributed by atoms with Crippen LogP contribution in [0.2, 0.25) is 0 Å². The van der Waals surface area contributed by atoms with Crippen molar-refractivity contribution >= 4 is 18.0 Å². The Morgan fingerprint density at radius 2 is 2.25 bits per heavy atom. The van der Waals surface area contributed by atoms with Gasteiger partial charge >= 0.3 is 0 Å². The zero-order chi connectivity index (χ0) is 11.5. The summed E-state index contributed by atoms with van der Waals surface area (Å²) >= 11 is 1.20. The number of benzene rings is 1. The van der Waals surface area contributed by atoms with Crippen LogP contribution in [0, 0.1) is 12.7 Å². The minimum atomic E-state index is -0.445. The van der Waals surface area contributed by atoms with Gasteiger partial charge in [0.1, 0.15) is 17.9 Å². The minimum absolute atomic E-state index is 0.301. The average molecular weight is 237 g/mol. The van der Waals surface area contributed by atoms with Crippen LogP contribution < -0.4 is 0 Å². The molecule has 1 N–H and O–H groups in total. The molecule has 0 saturated heterocycles. The van der Waals surface area contributed by atoms with Gasteiger partial charge in [0.2, 0.25) is 5.16 Å². The second-order valence-corrected chi connectivity index (χ2v) is 4.18. The van der Waals surface area contributed by atoms with Gasteiger partial charge < -0.3 is 0 Å². The number of carbonyl (C=O) groups excluding carboxylic acids is 1. The van der Waals surface area contributed by atoms with Gasteiger partial charge in [-0.25, -0.2) is 9.37 Å². The Morgan fingerprint density at radius 3 is 2.88 bits per heavy atom. The Hall–Kier alpha value is -1.69. The van der Waals surface area contributed by atoms with Crippen molar-refractivity contribution in [1.29, 1.82) is 0 Å². The molecule has 2 rings (SSSR count). The molecule has 0 radical (unpaired) electrons. The number of aryl methyl sites for hydroxylation is 1. The van der Waals surface area contributed by atoms with E-state index in [1.807, 2.05) is 0 Å². The Balaban J connectivity index is 2.27. The first kappa shape index (κ1) is 10.8. The highest BCUT2D eigenvalue weighted by Crippen LogP contribution is 2.25. The molecule has 0 atom stereocenters. The average Bonchev–Trinajstić information content (AvgIpc) is 2.63. The fourth-order valence-corrected chi connectivity index (χ4v) is 2.04. The third-order valence-corrected chi connectivity index (χ3v) is 2.65. The van der Waals surface area contributed by atoms with Gasteiger partial charge in [-0.05, 0) is 36.9 Å². The molecular formula is C10H8FN3OS. The largest absolute Gasteiger partial charge is 0.298 e. The molecule has 1 aromatic heterocycles. The number of aromatic amines is 1. The monoisotopic (exact) mass is 237 g/mol. The zero-order valence-electron chi connectivity index (χ0n) is 8.40. The summed E-state index contributed by atoms with van der Waals surface area (Å²) in [5.74, 6) is 0.244. The van der Waals surface area contributed by atoms with Crippen LogP contribution in [-0.2, 0) is 0 Å². The molecular weight excluding hydrogens is 229 g/mol. The first-order valence-electron chi connectivity index (χ1n) is 4.50. The van der Waals surface area contributed by atoms with Crippen molar-refractivity contribution in [2.75, 3.05) is 0 Å². The molecule has 0 bridgehead atoms. The third-order valence-electron chi connectivity index (χ3n) is 1.82. The van der Waals surface area contributed by atoms with Gasteiger partial charge in [0, 0.05) is 10.5 Å². The van der Waals surface area contributed by atoms with Crippen molar-refractivity contribution in [2.45, 2.75) is 17.0 Å². The number of carbonyl (C=O) groups is 1. The molecule has 0 aliphatic rings. The number of aldehydes is 1. The van der Waals surface area contributed by atoms with Crippen molar-refractivity contribution in [1.82, 2.24) is 15.2 Å². The lowest BCUT2D eigenvalue weighted by Crippen LogP contribution is -1.85. The Kier molecular flexibility index (Phi) is 3.00. The van der Waals surface area contributed by atoms with E-state index in [0.29, 0.717) is 27.7 Å². The molecule has 1 aromatic carbocycles. The highest BCUT2D eigenvalue weighted by molar-refractivity contribution is 7.99. The second-order valence-electron chi connectivity index (χ2n) is 3.14. The summed E-state index contributed by atoms with van der Waals surface area (Å²) in [6.45, 7) is 1.78. The van der Waals surface area contributed by atoms with Crippen LogP contribution in [0.5, 0.6) is 0 Å². The molecule has 2 aromatic rings. The van der Waals surface area contributed by atoms with Crippen molar-refractivity contribution in [3.63, 3.8) is 0 Å². The summed E-state index contributed by atoms with van der Waals surface area (Å²) in [4.78, 5) is 15.2. The number of aromatic nitrogens is 3. The molecule has 0 fully saturated rings. The third kappa shape index (κ3) is 2.46. The SMILES string of the molecule is Cc1nc(Sc2cc(F)cc(C=O)c2)n[nH]1. The van der Waals surface area contributed by atoms with Crippen LogP contribution >= 0.6 is 11.8 Å².